The number of rotatable bonds is 5. The Hall–Kier alpha value is -2.37. The molecule has 7 heteroatoms. The topological polar surface area (TPSA) is 59.2 Å². The van der Waals surface area contributed by atoms with Crippen LogP contribution < -0.4 is 0 Å². The van der Waals surface area contributed by atoms with Gasteiger partial charge < -0.3 is 9.32 Å². The third-order valence-electron chi connectivity index (χ3n) is 5.93. The Morgan fingerprint density at radius 2 is 1.62 bits per heavy atom. The van der Waals surface area contributed by atoms with Gasteiger partial charge >= 0.3 is 0 Å². The number of halogens is 2. The Bertz CT molecular complexity index is 1020. The molecule has 2 atom stereocenters. The number of amides is 1. The fraction of sp³-hybridized carbons (Fsp3) is 0.400. The Morgan fingerprint density at radius 3 is 2.19 bits per heavy atom. The van der Waals surface area contributed by atoms with Crippen molar-refractivity contribution in [3.05, 3.63) is 82.0 Å². The number of aromatic nitrogens is 2. The zero-order valence-corrected chi connectivity index (χ0v) is 19.6. The van der Waals surface area contributed by atoms with Gasteiger partial charge in [0.15, 0.2) is 0 Å². The maximum atomic E-state index is 13.2. The molecule has 1 aromatic heterocycles. The zero-order chi connectivity index (χ0) is 22.5. The Labute approximate surface area is 198 Å². The molecule has 1 saturated heterocycles. The molecule has 5 rings (SSSR count). The fourth-order valence-electron chi connectivity index (χ4n) is 4.09. The number of hydrogen-bond acceptors (Lipinski definition) is 4. The molecule has 1 saturated carbocycles. The van der Waals surface area contributed by atoms with E-state index in [0.29, 0.717) is 24.1 Å². The Morgan fingerprint density at radius 1 is 0.938 bits per heavy atom. The normalized spacial score (nSPS) is 20.6. The molecule has 1 amide bonds. The first-order chi connectivity index (χ1) is 15.5. The third-order valence-corrected chi connectivity index (χ3v) is 6.43. The van der Waals surface area contributed by atoms with Gasteiger partial charge in [-0.05, 0) is 61.4 Å². The molecule has 2 heterocycles. The van der Waals surface area contributed by atoms with Crippen molar-refractivity contribution < 1.29 is 9.21 Å². The molecule has 0 spiro atoms. The first kappa shape index (κ1) is 22.8. The van der Waals surface area contributed by atoms with Crippen molar-refractivity contribution in [3.8, 4) is 0 Å². The standard InChI is InChI=1S/C19H22ClN3O2.C6H5Cl/c1-12-21-22-18(25-12)10-15-6-9-17(14-4-7-16(20)8-5-14)23(19(15)24)11-13-2-3-13;7-6-4-2-1-3-5-6/h4-5,7-8,13,15,17H,2-3,6,9-11H2,1H3;1-5H/t15?,17-;/m0./s1. The summed E-state index contributed by atoms with van der Waals surface area (Å²) in [6.45, 7) is 2.63. The molecule has 0 bridgehead atoms. The summed E-state index contributed by atoms with van der Waals surface area (Å²) in [5.41, 5.74) is 1.17. The first-order valence-corrected chi connectivity index (χ1v) is 11.8. The van der Waals surface area contributed by atoms with Crippen LogP contribution >= 0.6 is 23.2 Å². The molecule has 0 N–H and O–H groups in total. The number of benzene rings is 2. The van der Waals surface area contributed by atoms with Gasteiger partial charge in [-0.2, -0.15) is 0 Å². The van der Waals surface area contributed by atoms with Crippen LogP contribution in [0.4, 0.5) is 0 Å². The number of aryl methyl sites for hydroxylation is 1. The summed E-state index contributed by atoms with van der Waals surface area (Å²) in [7, 11) is 0. The van der Waals surface area contributed by atoms with E-state index in [9.17, 15) is 4.79 Å². The second-order valence-corrected chi connectivity index (χ2v) is 9.36. The lowest BCUT2D eigenvalue weighted by molar-refractivity contribution is -0.142. The van der Waals surface area contributed by atoms with Crippen molar-refractivity contribution in [2.24, 2.45) is 11.8 Å². The van der Waals surface area contributed by atoms with E-state index in [0.717, 1.165) is 29.4 Å². The monoisotopic (exact) mass is 471 g/mol. The fourth-order valence-corrected chi connectivity index (χ4v) is 4.36. The molecule has 1 unspecified atom stereocenters. The SMILES string of the molecule is Cc1nnc(CC2CC[C@@H](c3ccc(Cl)cc3)N(CC3CC3)C2=O)o1.Clc1ccccc1. The molecule has 32 heavy (non-hydrogen) atoms. The molecule has 2 aliphatic rings. The average Bonchev–Trinajstić information content (AvgIpc) is 3.52. The number of nitrogens with zero attached hydrogens (tertiary/aromatic N) is 3. The quantitative estimate of drug-likeness (QED) is 0.437. The summed E-state index contributed by atoms with van der Waals surface area (Å²) in [5, 5.41) is 9.45. The van der Waals surface area contributed by atoms with Crippen molar-refractivity contribution in [1.29, 1.82) is 0 Å². The van der Waals surface area contributed by atoms with Gasteiger partial charge in [-0.1, -0.05) is 53.5 Å². The van der Waals surface area contributed by atoms with E-state index in [1.807, 2.05) is 54.6 Å². The highest BCUT2D eigenvalue weighted by molar-refractivity contribution is 6.30. The van der Waals surface area contributed by atoms with Crippen molar-refractivity contribution >= 4 is 29.1 Å². The van der Waals surface area contributed by atoms with Gasteiger partial charge in [-0.25, -0.2) is 0 Å². The minimum absolute atomic E-state index is 0.0675. The van der Waals surface area contributed by atoms with E-state index >= 15 is 0 Å². The maximum Gasteiger partial charge on any atom is 0.226 e. The molecular weight excluding hydrogens is 445 g/mol. The van der Waals surface area contributed by atoms with Gasteiger partial charge in [0, 0.05) is 35.9 Å². The molecule has 168 valence electrons. The molecule has 1 aliphatic carbocycles. The molecule has 0 radical (unpaired) electrons. The largest absolute Gasteiger partial charge is 0.426 e. The lowest BCUT2D eigenvalue weighted by atomic mass is 9.86. The van der Waals surface area contributed by atoms with E-state index < -0.39 is 0 Å². The highest BCUT2D eigenvalue weighted by Gasteiger charge is 2.39. The van der Waals surface area contributed by atoms with Crippen LogP contribution in [0.15, 0.2) is 59.0 Å². The second kappa shape index (κ2) is 10.5. The Balaban J connectivity index is 0.000000300. The zero-order valence-electron chi connectivity index (χ0n) is 18.1. The summed E-state index contributed by atoms with van der Waals surface area (Å²) >= 11 is 11.6. The highest BCUT2D eigenvalue weighted by atomic mass is 35.5. The number of likely N-dealkylation sites (tertiary alicyclic amines) is 1. The van der Waals surface area contributed by atoms with Crippen LogP contribution in [0, 0.1) is 18.8 Å². The minimum atomic E-state index is -0.0675. The van der Waals surface area contributed by atoms with Gasteiger partial charge in [0.05, 0.1) is 6.04 Å². The Kier molecular flexibility index (Phi) is 7.48. The summed E-state index contributed by atoms with van der Waals surface area (Å²) in [6, 6.07) is 17.5. The van der Waals surface area contributed by atoms with Crippen molar-refractivity contribution in [2.45, 2.75) is 45.1 Å². The van der Waals surface area contributed by atoms with Crippen LogP contribution in [0.1, 0.15) is 49.1 Å². The summed E-state index contributed by atoms with van der Waals surface area (Å²) in [5.74, 6) is 1.92. The number of piperidine rings is 1. The summed E-state index contributed by atoms with van der Waals surface area (Å²) in [4.78, 5) is 15.2. The maximum absolute atomic E-state index is 13.2. The van der Waals surface area contributed by atoms with Gasteiger partial charge in [0.2, 0.25) is 17.7 Å². The van der Waals surface area contributed by atoms with E-state index in [1.165, 1.54) is 18.4 Å². The van der Waals surface area contributed by atoms with E-state index in [2.05, 4.69) is 15.1 Å². The van der Waals surface area contributed by atoms with Crippen molar-refractivity contribution in [1.82, 2.24) is 15.1 Å². The molecule has 2 aromatic carbocycles. The average molecular weight is 472 g/mol. The minimum Gasteiger partial charge on any atom is -0.426 e. The van der Waals surface area contributed by atoms with Gasteiger partial charge in [-0.15, -0.1) is 10.2 Å². The van der Waals surface area contributed by atoms with Crippen molar-refractivity contribution in [3.63, 3.8) is 0 Å². The molecule has 2 fully saturated rings. The lowest BCUT2D eigenvalue weighted by Crippen LogP contribution is -2.45. The van der Waals surface area contributed by atoms with Crippen LogP contribution in [-0.4, -0.2) is 27.5 Å². The van der Waals surface area contributed by atoms with Crippen LogP contribution in [0.5, 0.6) is 0 Å². The highest BCUT2D eigenvalue weighted by Crippen LogP contribution is 2.39. The smallest absolute Gasteiger partial charge is 0.226 e. The van der Waals surface area contributed by atoms with E-state index in [1.54, 1.807) is 6.92 Å². The van der Waals surface area contributed by atoms with Gasteiger partial charge in [-0.3, -0.25) is 4.79 Å². The summed E-state index contributed by atoms with van der Waals surface area (Å²) in [6.07, 6.45) is 4.79. The number of hydrogen-bond donors (Lipinski definition) is 0. The van der Waals surface area contributed by atoms with E-state index in [-0.39, 0.29) is 17.9 Å². The summed E-state index contributed by atoms with van der Waals surface area (Å²) < 4.78 is 5.48. The molecular formula is C25H27Cl2N3O2. The molecule has 5 nitrogen and oxygen atoms in total. The predicted octanol–water partition coefficient (Wildman–Crippen LogP) is 6.30. The third kappa shape index (κ3) is 6.11. The van der Waals surface area contributed by atoms with E-state index in [4.69, 9.17) is 27.6 Å². The first-order valence-electron chi connectivity index (χ1n) is 11.0. The van der Waals surface area contributed by atoms with Gasteiger partial charge in [0.1, 0.15) is 0 Å². The van der Waals surface area contributed by atoms with Crippen molar-refractivity contribution in [2.75, 3.05) is 6.54 Å². The molecule has 3 aromatic rings. The van der Waals surface area contributed by atoms with Gasteiger partial charge in [0.25, 0.3) is 0 Å². The lowest BCUT2D eigenvalue weighted by Gasteiger charge is -2.39. The molecule has 1 aliphatic heterocycles. The second-order valence-electron chi connectivity index (χ2n) is 8.49. The number of carbonyl (C=O) groups is 1. The number of carbonyl (C=O) groups excluding carboxylic acids is 1. The van der Waals surface area contributed by atoms with Crippen LogP contribution in [0.2, 0.25) is 10.0 Å². The van der Waals surface area contributed by atoms with Crippen LogP contribution in [0.25, 0.3) is 0 Å². The van der Waals surface area contributed by atoms with Crippen LogP contribution in [-0.2, 0) is 11.2 Å². The van der Waals surface area contributed by atoms with Crippen LogP contribution in [0.3, 0.4) is 0 Å². The predicted molar refractivity (Wildman–Crippen MR) is 126 cm³/mol.